The maximum absolute atomic E-state index is 12.8. The first-order valence-electron chi connectivity index (χ1n) is 9.06. The van der Waals surface area contributed by atoms with Crippen molar-refractivity contribution in [1.29, 1.82) is 0 Å². The highest BCUT2D eigenvalue weighted by Gasteiger charge is 2.22. The lowest BCUT2D eigenvalue weighted by molar-refractivity contribution is 0.0857. The van der Waals surface area contributed by atoms with Gasteiger partial charge in [-0.15, -0.1) is 0 Å². The Bertz CT molecular complexity index is 986. The van der Waals surface area contributed by atoms with Crippen LogP contribution in [0.25, 0.3) is 0 Å². The number of aryl methyl sites for hydroxylation is 2. The molecule has 6 nitrogen and oxygen atoms in total. The Morgan fingerprint density at radius 1 is 1.18 bits per heavy atom. The van der Waals surface area contributed by atoms with Crippen LogP contribution < -0.4 is 10.0 Å². The zero-order valence-corrected chi connectivity index (χ0v) is 17.4. The third kappa shape index (κ3) is 4.84. The number of benzene rings is 2. The monoisotopic (exact) mass is 422 g/mol. The minimum atomic E-state index is -3.95. The van der Waals surface area contributed by atoms with E-state index in [4.69, 9.17) is 16.3 Å². The highest BCUT2D eigenvalue weighted by molar-refractivity contribution is 7.92. The van der Waals surface area contributed by atoms with Gasteiger partial charge in [0, 0.05) is 24.4 Å². The van der Waals surface area contributed by atoms with E-state index in [2.05, 4.69) is 10.0 Å². The number of carbonyl (C=O) groups excluding carboxylic acids is 1. The standard InChI is InChI=1S/C20H23ClN2O4S/c1-13-5-7-16(10-14(13)2)23-28(25,26)19-11-15(6-8-18(19)21)20(24)22-12-17-4-3-9-27-17/h5-8,10-11,17,23H,3-4,9,12H2,1-2H3,(H,22,24)/t17-/m0/s1. The summed E-state index contributed by atoms with van der Waals surface area (Å²) >= 11 is 6.12. The quantitative estimate of drug-likeness (QED) is 0.743. The van der Waals surface area contributed by atoms with Gasteiger partial charge in [0.15, 0.2) is 0 Å². The van der Waals surface area contributed by atoms with E-state index < -0.39 is 10.0 Å². The van der Waals surface area contributed by atoms with Crippen molar-refractivity contribution in [3.63, 3.8) is 0 Å². The van der Waals surface area contributed by atoms with Crippen molar-refractivity contribution in [3.8, 4) is 0 Å². The number of ether oxygens (including phenoxy) is 1. The van der Waals surface area contributed by atoms with Crippen LogP contribution in [-0.4, -0.2) is 33.6 Å². The van der Waals surface area contributed by atoms with Gasteiger partial charge < -0.3 is 10.1 Å². The Morgan fingerprint density at radius 3 is 2.64 bits per heavy atom. The molecule has 0 spiro atoms. The molecule has 1 aliphatic rings. The van der Waals surface area contributed by atoms with E-state index in [1.807, 2.05) is 19.9 Å². The normalized spacial score (nSPS) is 16.8. The van der Waals surface area contributed by atoms with Crippen LogP contribution in [-0.2, 0) is 14.8 Å². The van der Waals surface area contributed by atoms with E-state index in [-0.39, 0.29) is 27.5 Å². The summed E-state index contributed by atoms with van der Waals surface area (Å²) in [6.45, 7) is 4.95. The smallest absolute Gasteiger partial charge is 0.263 e. The first kappa shape index (κ1) is 20.6. The molecule has 0 aliphatic carbocycles. The van der Waals surface area contributed by atoms with Crippen molar-refractivity contribution in [2.24, 2.45) is 0 Å². The highest BCUT2D eigenvalue weighted by atomic mass is 35.5. The van der Waals surface area contributed by atoms with Gasteiger partial charge in [0.1, 0.15) is 4.90 Å². The molecule has 0 unspecified atom stereocenters. The van der Waals surface area contributed by atoms with Crippen LogP contribution in [0.2, 0.25) is 5.02 Å². The maximum Gasteiger partial charge on any atom is 0.263 e. The number of sulfonamides is 1. The summed E-state index contributed by atoms with van der Waals surface area (Å²) in [6, 6.07) is 9.48. The molecule has 1 amide bonds. The van der Waals surface area contributed by atoms with Crippen molar-refractivity contribution in [1.82, 2.24) is 5.32 Å². The second-order valence-corrected chi connectivity index (χ2v) is 8.95. The summed E-state index contributed by atoms with van der Waals surface area (Å²) in [5.41, 5.74) is 2.69. The average Bonchev–Trinajstić information content (AvgIpc) is 3.16. The van der Waals surface area contributed by atoms with Crippen LogP contribution in [0, 0.1) is 13.8 Å². The van der Waals surface area contributed by atoms with E-state index in [1.165, 1.54) is 18.2 Å². The average molecular weight is 423 g/mol. The minimum absolute atomic E-state index is 0.00546. The fourth-order valence-corrected chi connectivity index (χ4v) is 4.56. The number of hydrogen-bond donors (Lipinski definition) is 2. The van der Waals surface area contributed by atoms with Crippen molar-refractivity contribution < 1.29 is 17.9 Å². The Morgan fingerprint density at radius 2 is 1.96 bits per heavy atom. The number of amides is 1. The van der Waals surface area contributed by atoms with Gasteiger partial charge in [-0.2, -0.15) is 0 Å². The van der Waals surface area contributed by atoms with Gasteiger partial charge in [0.25, 0.3) is 15.9 Å². The van der Waals surface area contributed by atoms with Gasteiger partial charge in [-0.25, -0.2) is 8.42 Å². The van der Waals surface area contributed by atoms with Gasteiger partial charge in [-0.1, -0.05) is 17.7 Å². The van der Waals surface area contributed by atoms with Crippen LogP contribution in [0.15, 0.2) is 41.3 Å². The largest absolute Gasteiger partial charge is 0.376 e. The third-order valence-corrected chi connectivity index (χ3v) is 6.62. The molecule has 2 aromatic carbocycles. The van der Waals surface area contributed by atoms with Gasteiger partial charge in [-0.05, 0) is 68.1 Å². The number of hydrogen-bond acceptors (Lipinski definition) is 4. The fraction of sp³-hybridized carbons (Fsp3) is 0.350. The molecule has 2 aromatic rings. The topological polar surface area (TPSA) is 84.5 Å². The molecule has 8 heteroatoms. The lowest BCUT2D eigenvalue weighted by atomic mass is 10.1. The lowest BCUT2D eigenvalue weighted by Crippen LogP contribution is -2.31. The van der Waals surface area contributed by atoms with Crippen LogP contribution >= 0.6 is 11.6 Å². The van der Waals surface area contributed by atoms with Gasteiger partial charge in [-0.3, -0.25) is 9.52 Å². The predicted molar refractivity (Wildman–Crippen MR) is 109 cm³/mol. The van der Waals surface area contributed by atoms with Crippen molar-refractivity contribution in [2.45, 2.75) is 37.7 Å². The molecule has 0 saturated carbocycles. The van der Waals surface area contributed by atoms with E-state index in [0.717, 1.165) is 24.0 Å². The SMILES string of the molecule is Cc1ccc(NS(=O)(=O)c2cc(C(=O)NC[C@@H]3CCCO3)ccc2Cl)cc1C. The van der Waals surface area contributed by atoms with Gasteiger partial charge in [0.05, 0.1) is 11.1 Å². The van der Waals surface area contributed by atoms with E-state index in [1.54, 1.807) is 12.1 Å². The molecule has 0 aromatic heterocycles. The Labute approximate surface area is 170 Å². The molecule has 1 atom stereocenters. The molecule has 0 radical (unpaired) electrons. The van der Waals surface area contributed by atoms with Crippen LogP contribution in [0.1, 0.15) is 34.3 Å². The summed E-state index contributed by atoms with van der Waals surface area (Å²) in [4.78, 5) is 12.3. The lowest BCUT2D eigenvalue weighted by Gasteiger charge is -2.13. The molecule has 1 heterocycles. The van der Waals surface area contributed by atoms with Crippen LogP contribution in [0.3, 0.4) is 0 Å². The van der Waals surface area contributed by atoms with E-state index in [0.29, 0.717) is 18.8 Å². The molecule has 1 saturated heterocycles. The minimum Gasteiger partial charge on any atom is -0.376 e. The maximum atomic E-state index is 12.8. The Balaban J connectivity index is 1.79. The van der Waals surface area contributed by atoms with Crippen LogP contribution in [0.5, 0.6) is 0 Å². The van der Waals surface area contributed by atoms with Crippen LogP contribution in [0.4, 0.5) is 5.69 Å². The van der Waals surface area contributed by atoms with Gasteiger partial charge >= 0.3 is 0 Å². The molecule has 28 heavy (non-hydrogen) atoms. The molecule has 0 bridgehead atoms. The molecule has 1 aliphatic heterocycles. The molecule has 1 fully saturated rings. The summed E-state index contributed by atoms with van der Waals surface area (Å²) in [5, 5.41) is 2.83. The second kappa shape index (κ2) is 8.51. The number of anilines is 1. The van der Waals surface area contributed by atoms with E-state index >= 15 is 0 Å². The predicted octanol–water partition coefficient (Wildman–Crippen LogP) is 3.67. The summed E-state index contributed by atoms with van der Waals surface area (Å²) in [5.74, 6) is -0.366. The number of nitrogens with one attached hydrogen (secondary N) is 2. The summed E-state index contributed by atoms with van der Waals surface area (Å²) < 4.78 is 33.6. The number of rotatable bonds is 6. The molecule has 3 rings (SSSR count). The van der Waals surface area contributed by atoms with Crippen molar-refractivity contribution >= 4 is 33.2 Å². The summed E-state index contributed by atoms with van der Waals surface area (Å²) in [7, 11) is -3.95. The first-order chi connectivity index (χ1) is 13.3. The highest BCUT2D eigenvalue weighted by Crippen LogP contribution is 2.26. The second-order valence-electron chi connectivity index (χ2n) is 6.89. The number of halogens is 1. The molecule has 150 valence electrons. The molecule has 2 N–H and O–H groups in total. The molecular weight excluding hydrogens is 400 g/mol. The van der Waals surface area contributed by atoms with Crippen molar-refractivity contribution in [3.05, 3.63) is 58.1 Å². The Hall–Kier alpha value is -2.09. The van der Waals surface area contributed by atoms with Crippen molar-refractivity contribution in [2.75, 3.05) is 17.9 Å². The summed E-state index contributed by atoms with van der Waals surface area (Å²) in [6.07, 6.45) is 1.89. The fourth-order valence-electron chi connectivity index (χ4n) is 2.98. The van der Waals surface area contributed by atoms with E-state index in [9.17, 15) is 13.2 Å². The van der Waals surface area contributed by atoms with Gasteiger partial charge in [0.2, 0.25) is 0 Å². The third-order valence-electron chi connectivity index (χ3n) is 4.76. The molecular formula is C20H23ClN2O4S. The first-order valence-corrected chi connectivity index (χ1v) is 10.9. The zero-order chi connectivity index (χ0) is 20.3. The Kier molecular flexibility index (Phi) is 6.27. The number of carbonyl (C=O) groups is 1. The zero-order valence-electron chi connectivity index (χ0n) is 15.8.